The van der Waals surface area contributed by atoms with Crippen LogP contribution in [0.3, 0.4) is 0 Å². The SMILES string of the molecule is CNC(=O)c1c(-c2ccc(F)cc2)oc2ccc(Br)c(F)c12. The van der Waals surface area contributed by atoms with Crippen LogP contribution in [0.1, 0.15) is 10.4 Å². The molecule has 3 rings (SSSR count). The molecule has 0 unspecified atom stereocenters. The van der Waals surface area contributed by atoms with E-state index in [1.807, 2.05) is 0 Å². The molecule has 0 radical (unpaired) electrons. The van der Waals surface area contributed by atoms with Gasteiger partial charge in [-0.05, 0) is 52.3 Å². The number of carbonyl (C=O) groups excluding carboxylic acids is 1. The molecule has 0 spiro atoms. The standard InChI is InChI=1S/C16H10BrF2NO2/c1-20-16(21)13-12-11(7-6-10(17)14(12)19)22-15(13)8-2-4-9(18)5-3-8/h2-7H,1H3,(H,20,21). The second kappa shape index (κ2) is 5.53. The van der Waals surface area contributed by atoms with Crippen molar-refractivity contribution in [3.63, 3.8) is 0 Å². The van der Waals surface area contributed by atoms with Crippen molar-refractivity contribution in [3.05, 3.63) is 58.1 Å². The third-order valence-electron chi connectivity index (χ3n) is 3.31. The molecule has 1 aromatic heterocycles. The smallest absolute Gasteiger partial charge is 0.255 e. The second-order valence-corrected chi connectivity index (χ2v) is 5.48. The lowest BCUT2D eigenvalue weighted by Crippen LogP contribution is -2.18. The van der Waals surface area contributed by atoms with E-state index < -0.39 is 17.5 Å². The summed E-state index contributed by atoms with van der Waals surface area (Å²) in [7, 11) is 1.45. The van der Waals surface area contributed by atoms with Crippen molar-refractivity contribution in [3.8, 4) is 11.3 Å². The van der Waals surface area contributed by atoms with Crippen molar-refractivity contribution in [2.24, 2.45) is 0 Å². The number of halogens is 3. The highest BCUT2D eigenvalue weighted by molar-refractivity contribution is 9.10. The molecule has 0 bridgehead atoms. The van der Waals surface area contributed by atoms with Gasteiger partial charge < -0.3 is 9.73 Å². The largest absolute Gasteiger partial charge is 0.455 e. The van der Waals surface area contributed by atoms with Gasteiger partial charge in [0.05, 0.1) is 15.4 Å². The molecular weight excluding hydrogens is 356 g/mol. The van der Waals surface area contributed by atoms with Crippen LogP contribution in [0.4, 0.5) is 8.78 Å². The molecule has 6 heteroatoms. The summed E-state index contributed by atoms with van der Waals surface area (Å²) >= 11 is 3.10. The Labute approximate surface area is 133 Å². The number of furan rings is 1. The molecule has 3 aromatic rings. The van der Waals surface area contributed by atoms with Crippen molar-refractivity contribution < 1.29 is 18.0 Å². The Bertz CT molecular complexity index is 872. The van der Waals surface area contributed by atoms with Crippen LogP contribution in [0.5, 0.6) is 0 Å². The first-order valence-electron chi connectivity index (χ1n) is 6.41. The van der Waals surface area contributed by atoms with Gasteiger partial charge in [0.2, 0.25) is 0 Å². The van der Waals surface area contributed by atoms with Gasteiger partial charge in [-0.25, -0.2) is 8.78 Å². The lowest BCUT2D eigenvalue weighted by atomic mass is 10.0. The first kappa shape index (κ1) is 14.7. The second-order valence-electron chi connectivity index (χ2n) is 4.63. The summed E-state index contributed by atoms with van der Waals surface area (Å²) in [5.41, 5.74) is 0.827. The average Bonchev–Trinajstić information content (AvgIpc) is 2.91. The number of hydrogen-bond acceptors (Lipinski definition) is 2. The Hall–Kier alpha value is -2.21. The van der Waals surface area contributed by atoms with E-state index in [2.05, 4.69) is 21.2 Å². The first-order chi connectivity index (χ1) is 10.5. The number of fused-ring (bicyclic) bond motifs is 1. The zero-order valence-corrected chi connectivity index (χ0v) is 13.0. The lowest BCUT2D eigenvalue weighted by Gasteiger charge is -2.03. The van der Waals surface area contributed by atoms with Gasteiger partial charge >= 0.3 is 0 Å². The molecule has 0 atom stereocenters. The van der Waals surface area contributed by atoms with Crippen LogP contribution >= 0.6 is 15.9 Å². The predicted octanol–water partition coefficient (Wildman–Crippen LogP) is 4.50. The normalized spacial score (nSPS) is 10.9. The fraction of sp³-hybridized carbons (Fsp3) is 0.0625. The minimum atomic E-state index is -0.576. The Kier molecular flexibility index (Phi) is 3.70. The topological polar surface area (TPSA) is 42.2 Å². The van der Waals surface area contributed by atoms with Crippen molar-refractivity contribution in [2.75, 3.05) is 7.05 Å². The van der Waals surface area contributed by atoms with Crippen molar-refractivity contribution in [1.82, 2.24) is 5.32 Å². The Morgan fingerprint density at radius 3 is 2.45 bits per heavy atom. The van der Waals surface area contributed by atoms with Crippen molar-refractivity contribution >= 4 is 32.8 Å². The molecular formula is C16H10BrF2NO2. The molecule has 1 N–H and O–H groups in total. The summed E-state index contributed by atoms with van der Waals surface area (Å²) in [6, 6.07) is 8.54. The van der Waals surface area contributed by atoms with Crippen LogP contribution in [0, 0.1) is 11.6 Å². The number of nitrogens with one attached hydrogen (secondary N) is 1. The van der Waals surface area contributed by atoms with Crippen LogP contribution in [0.25, 0.3) is 22.3 Å². The molecule has 1 amide bonds. The van der Waals surface area contributed by atoms with Gasteiger partial charge in [0.1, 0.15) is 23.0 Å². The molecule has 0 aliphatic rings. The van der Waals surface area contributed by atoms with E-state index in [0.717, 1.165) is 0 Å². The zero-order valence-electron chi connectivity index (χ0n) is 11.4. The molecule has 0 aliphatic heterocycles. The van der Waals surface area contributed by atoms with E-state index in [0.29, 0.717) is 5.56 Å². The highest BCUT2D eigenvalue weighted by Crippen LogP contribution is 2.37. The van der Waals surface area contributed by atoms with E-state index in [1.165, 1.54) is 37.4 Å². The monoisotopic (exact) mass is 365 g/mol. The third-order valence-corrected chi connectivity index (χ3v) is 3.92. The Morgan fingerprint density at radius 2 is 1.82 bits per heavy atom. The van der Waals surface area contributed by atoms with Crippen molar-refractivity contribution in [1.29, 1.82) is 0 Å². The minimum Gasteiger partial charge on any atom is -0.455 e. The van der Waals surface area contributed by atoms with Gasteiger partial charge in [-0.1, -0.05) is 0 Å². The number of benzene rings is 2. The summed E-state index contributed by atoms with van der Waals surface area (Å²) in [6.07, 6.45) is 0. The number of amides is 1. The van der Waals surface area contributed by atoms with Crippen LogP contribution in [0.2, 0.25) is 0 Å². The molecule has 112 valence electrons. The lowest BCUT2D eigenvalue weighted by molar-refractivity contribution is 0.0964. The maximum absolute atomic E-state index is 14.4. The van der Waals surface area contributed by atoms with E-state index >= 15 is 0 Å². The summed E-state index contributed by atoms with van der Waals surface area (Å²) in [5.74, 6) is -1.26. The van der Waals surface area contributed by atoms with Gasteiger partial charge in [0.15, 0.2) is 0 Å². The van der Waals surface area contributed by atoms with Crippen molar-refractivity contribution in [2.45, 2.75) is 0 Å². The molecule has 0 saturated carbocycles. The van der Waals surface area contributed by atoms with E-state index in [-0.39, 0.29) is 26.8 Å². The summed E-state index contributed by atoms with van der Waals surface area (Å²) in [4.78, 5) is 12.2. The molecule has 3 nitrogen and oxygen atoms in total. The van der Waals surface area contributed by atoms with Gasteiger partial charge in [-0.3, -0.25) is 4.79 Å². The average molecular weight is 366 g/mol. The third kappa shape index (κ3) is 2.29. The van der Waals surface area contributed by atoms with Gasteiger partial charge in [-0.2, -0.15) is 0 Å². The predicted molar refractivity (Wildman–Crippen MR) is 82.7 cm³/mol. The fourth-order valence-corrected chi connectivity index (χ4v) is 2.60. The summed E-state index contributed by atoms with van der Waals surface area (Å²) in [6.45, 7) is 0. The molecule has 22 heavy (non-hydrogen) atoms. The van der Waals surface area contributed by atoms with Gasteiger partial charge in [-0.15, -0.1) is 0 Å². The minimum absolute atomic E-state index is 0.0860. The highest BCUT2D eigenvalue weighted by atomic mass is 79.9. The number of hydrogen-bond donors (Lipinski definition) is 1. The fourth-order valence-electron chi connectivity index (χ4n) is 2.27. The van der Waals surface area contributed by atoms with Crippen LogP contribution in [-0.2, 0) is 0 Å². The molecule has 0 fully saturated rings. The van der Waals surface area contributed by atoms with E-state index in [4.69, 9.17) is 4.42 Å². The van der Waals surface area contributed by atoms with Gasteiger partial charge in [0, 0.05) is 12.6 Å². The zero-order chi connectivity index (χ0) is 15.9. The molecule has 1 heterocycles. The maximum Gasteiger partial charge on any atom is 0.255 e. The van der Waals surface area contributed by atoms with Gasteiger partial charge in [0.25, 0.3) is 5.91 Å². The first-order valence-corrected chi connectivity index (χ1v) is 7.20. The number of rotatable bonds is 2. The summed E-state index contributed by atoms with van der Waals surface area (Å²) < 4.78 is 33.3. The van der Waals surface area contributed by atoms with E-state index in [9.17, 15) is 13.6 Å². The Morgan fingerprint density at radius 1 is 1.14 bits per heavy atom. The molecule has 0 saturated heterocycles. The molecule has 2 aromatic carbocycles. The van der Waals surface area contributed by atoms with Crippen LogP contribution < -0.4 is 5.32 Å². The van der Waals surface area contributed by atoms with Crippen LogP contribution in [0.15, 0.2) is 45.3 Å². The van der Waals surface area contributed by atoms with E-state index in [1.54, 1.807) is 6.07 Å². The maximum atomic E-state index is 14.4. The number of carbonyl (C=O) groups is 1. The summed E-state index contributed by atoms with van der Waals surface area (Å²) in [5, 5.41) is 2.56. The highest BCUT2D eigenvalue weighted by Gasteiger charge is 2.25. The Balaban J connectivity index is 2.37. The molecule has 0 aliphatic carbocycles. The quantitative estimate of drug-likeness (QED) is 0.726. The van der Waals surface area contributed by atoms with Crippen LogP contribution in [-0.4, -0.2) is 13.0 Å².